The van der Waals surface area contributed by atoms with Gasteiger partial charge < -0.3 is 5.32 Å². The zero-order valence-corrected chi connectivity index (χ0v) is 13.1. The van der Waals surface area contributed by atoms with Crippen LogP contribution in [0, 0.1) is 2.88 Å². The van der Waals surface area contributed by atoms with Gasteiger partial charge in [0.1, 0.15) is 0 Å². The van der Waals surface area contributed by atoms with Crippen molar-refractivity contribution in [1.82, 2.24) is 5.32 Å². The van der Waals surface area contributed by atoms with E-state index in [-0.39, 0.29) is 11.9 Å². The number of carbonyl (C=O) groups excluding carboxylic acids is 1. The fourth-order valence-corrected chi connectivity index (χ4v) is 3.72. The van der Waals surface area contributed by atoms with E-state index in [9.17, 15) is 4.79 Å². The summed E-state index contributed by atoms with van der Waals surface area (Å²) in [6.07, 6.45) is 0.910. The molecule has 17 heavy (non-hydrogen) atoms. The van der Waals surface area contributed by atoms with Gasteiger partial charge >= 0.3 is 0 Å². The minimum Gasteiger partial charge on any atom is -0.344 e. The van der Waals surface area contributed by atoms with Crippen molar-refractivity contribution in [3.8, 4) is 0 Å². The molecule has 2 aromatic rings. The largest absolute Gasteiger partial charge is 0.344 e. The third-order valence-electron chi connectivity index (χ3n) is 2.43. The van der Waals surface area contributed by atoms with E-state index in [0.717, 1.165) is 14.9 Å². The van der Waals surface area contributed by atoms with Crippen LogP contribution in [0.4, 0.5) is 0 Å². The van der Waals surface area contributed by atoms with Crippen molar-refractivity contribution >= 4 is 51.2 Å². The summed E-state index contributed by atoms with van der Waals surface area (Å²) >= 11 is 5.51. The summed E-state index contributed by atoms with van der Waals surface area (Å²) in [4.78, 5) is 13.2. The summed E-state index contributed by atoms with van der Waals surface area (Å²) in [6, 6.07) is 6.13. The lowest BCUT2D eigenvalue weighted by molar-refractivity contribution is 0.0936. The predicted molar refractivity (Wildman–Crippen MR) is 81.9 cm³/mol. The van der Waals surface area contributed by atoms with E-state index in [0.29, 0.717) is 0 Å². The Morgan fingerprint density at radius 1 is 1.53 bits per heavy atom. The fourth-order valence-electron chi connectivity index (χ4n) is 1.53. The van der Waals surface area contributed by atoms with E-state index >= 15 is 0 Å². The molecular formula is C12H12INOS2. The predicted octanol–water partition coefficient (Wildman–Crippen LogP) is 4.30. The highest BCUT2D eigenvalue weighted by atomic mass is 127. The molecule has 0 aliphatic rings. The number of nitrogens with one attached hydrogen (secondary N) is 1. The van der Waals surface area contributed by atoms with Crippen LogP contribution >= 0.6 is 45.3 Å². The Labute approximate surface area is 122 Å². The van der Waals surface area contributed by atoms with Crippen molar-refractivity contribution in [3.63, 3.8) is 0 Å². The van der Waals surface area contributed by atoms with E-state index in [2.05, 4.69) is 40.9 Å². The van der Waals surface area contributed by atoms with Crippen LogP contribution in [0.3, 0.4) is 0 Å². The molecule has 0 aliphatic carbocycles. The number of carbonyl (C=O) groups is 1. The first kappa shape index (κ1) is 13.0. The Bertz CT molecular complexity index is 492. The van der Waals surface area contributed by atoms with Crippen molar-refractivity contribution in [1.29, 1.82) is 0 Å². The molecule has 2 heterocycles. The van der Waals surface area contributed by atoms with Crippen LogP contribution in [0.25, 0.3) is 0 Å². The van der Waals surface area contributed by atoms with E-state index in [1.54, 1.807) is 22.7 Å². The summed E-state index contributed by atoms with van der Waals surface area (Å²) < 4.78 is 1.14. The minimum atomic E-state index is 0.0180. The van der Waals surface area contributed by atoms with Gasteiger partial charge in [0.15, 0.2) is 0 Å². The molecule has 0 radical (unpaired) electrons. The Morgan fingerprint density at radius 2 is 2.35 bits per heavy atom. The molecule has 1 atom stereocenters. The molecule has 0 spiro atoms. The van der Waals surface area contributed by atoms with Crippen LogP contribution in [0.15, 0.2) is 29.0 Å². The van der Waals surface area contributed by atoms with Gasteiger partial charge in [0.25, 0.3) is 5.91 Å². The average Bonchev–Trinajstić information content (AvgIpc) is 2.96. The Morgan fingerprint density at radius 3 is 2.88 bits per heavy atom. The molecule has 0 aromatic carbocycles. The van der Waals surface area contributed by atoms with Crippen LogP contribution in [-0.2, 0) is 0 Å². The van der Waals surface area contributed by atoms with E-state index in [1.807, 2.05) is 22.9 Å². The number of amides is 1. The fraction of sp³-hybridized carbons (Fsp3) is 0.250. The normalized spacial score (nSPS) is 12.4. The van der Waals surface area contributed by atoms with Crippen LogP contribution in [0.2, 0.25) is 0 Å². The smallest absolute Gasteiger partial charge is 0.252 e. The van der Waals surface area contributed by atoms with Gasteiger partial charge in [-0.3, -0.25) is 4.79 Å². The second kappa shape index (κ2) is 5.97. The molecule has 2 nitrogen and oxygen atoms in total. The first-order valence-electron chi connectivity index (χ1n) is 5.29. The maximum Gasteiger partial charge on any atom is 0.252 e. The SMILES string of the molecule is CCC(NC(=O)c1csc(I)c1)c1cccs1. The molecule has 2 rings (SSSR count). The van der Waals surface area contributed by atoms with Gasteiger partial charge in [0, 0.05) is 10.3 Å². The van der Waals surface area contributed by atoms with Gasteiger partial charge in [-0.2, -0.15) is 0 Å². The van der Waals surface area contributed by atoms with Crippen molar-refractivity contribution in [2.24, 2.45) is 0 Å². The quantitative estimate of drug-likeness (QED) is 0.792. The van der Waals surface area contributed by atoms with Gasteiger partial charge in [-0.15, -0.1) is 22.7 Å². The lowest BCUT2D eigenvalue weighted by Gasteiger charge is -2.14. The number of hydrogen-bond acceptors (Lipinski definition) is 3. The van der Waals surface area contributed by atoms with E-state index in [1.165, 1.54) is 4.88 Å². The molecule has 0 fully saturated rings. The Balaban J connectivity index is 2.07. The zero-order chi connectivity index (χ0) is 12.3. The Hall–Kier alpha value is -0.400. The van der Waals surface area contributed by atoms with Crippen LogP contribution in [-0.4, -0.2) is 5.91 Å². The average molecular weight is 377 g/mol. The van der Waals surface area contributed by atoms with Crippen LogP contribution < -0.4 is 5.32 Å². The molecule has 2 aromatic heterocycles. The third kappa shape index (κ3) is 3.29. The summed E-state index contributed by atoms with van der Waals surface area (Å²) in [5, 5.41) is 7.01. The second-order valence-corrected chi connectivity index (χ2v) is 7.37. The summed E-state index contributed by atoms with van der Waals surface area (Å²) in [5.41, 5.74) is 0.759. The summed E-state index contributed by atoms with van der Waals surface area (Å²) in [7, 11) is 0. The molecule has 0 saturated heterocycles. The molecule has 1 N–H and O–H groups in total. The maximum atomic E-state index is 12.0. The number of halogens is 1. The third-order valence-corrected chi connectivity index (χ3v) is 5.20. The number of hydrogen-bond donors (Lipinski definition) is 1. The zero-order valence-electron chi connectivity index (χ0n) is 9.27. The molecule has 0 saturated carbocycles. The van der Waals surface area contributed by atoms with Crippen molar-refractivity contribution in [2.45, 2.75) is 19.4 Å². The minimum absolute atomic E-state index is 0.0180. The molecule has 1 unspecified atom stereocenters. The van der Waals surface area contributed by atoms with Crippen molar-refractivity contribution < 1.29 is 4.79 Å². The van der Waals surface area contributed by atoms with Crippen LogP contribution in [0.1, 0.15) is 34.6 Å². The van der Waals surface area contributed by atoms with Crippen LogP contribution in [0.5, 0.6) is 0 Å². The van der Waals surface area contributed by atoms with Gasteiger partial charge in [-0.25, -0.2) is 0 Å². The number of rotatable bonds is 4. The van der Waals surface area contributed by atoms with Gasteiger partial charge in [-0.05, 0) is 46.5 Å². The topological polar surface area (TPSA) is 29.1 Å². The standard InChI is InChI=1S/C12H12INOS2/c1-2-9(10-4-3-5-16-10)14-12(15)8-6-11(13)17-7-8/h3-7,9H,2H2,1H3,(H,14,15). The van der Waals surface area contributed by atoms with Gasteiger partial charge in [0.05, 0.1) is 14.5 Å². The van der Waals surface area contributed by atoms with Crippen molar-refractivity contribution in [3.05, 3.63) is 42.3 Å². The first-order valence-corrected chi connectivity index (χ1v) is 8.12. The summed E-state index contributed by atoms with van der Waals surface area (Å²) in [6.45, 7) is 2.09. The first-order chi connectivity index (χ1) is 8.20. The Kier molecular flexibility index (Phi) is 4.58. The van der Waals surface area contributed by atoms with E-state index in [4.69, 9.17) is 0 Å². The summed E-state index contributed by atoms with van der Waals surface area (Å²) in [5.74, 6) is 0.0180. The van der Waals surface area contributed by atoms with Crippen molar-refractivity contribution in [2.75, 3.05) is 0 Å². The van der Waals surface area contributed by atoms with E-state index < -0.39 is 0 Å². The lowest BCUT2D eigenvalue weighted by atomic mass is 10.2. The van der Waals surface area contributed by atoms with Gasteiger partial charge in [-0.1, -0.05) is 13.0 Å². The maximum absolute atomic E-state index is 12.0. The highest BCUT2D eigenvalue weighted by molar-refractivity contribution is 14.1. The number of thiophene rings is 2. The molecule has 0 aliphatic heterocycles. The molecule has 1 amide bonds. The van der Waals surface area contributed by atoms with Gasteiger partial charge in [0.2, 0.25) is 0 Å². The molecule has 5 heteroatoms. The highest BCUT2D eigenvalue weighted by Gasteiger charge is 2.15. The second-order valence-electron chi connectivity index (χ2n) is 3.59. The molecule has 0 bridgehead atoms. The molecular weight excluding hydrogens is 365 g/mol. The highest BCUT2D eigenvalue weighted by Crippen LogP contribution is 2.23. The lowest BCUT2D eigenvalue weighted by Crippen LogP contribution is -2.27. The monoisotopic (exact) mass is 377 g/mol. The molecule has 90 valence electrons.